The van der Waals surface area contributed by atoms with E-state index in [4.69, 9.17) is 5.73 Å². The summed E-state index contributed by atoms with van der Waals surface area (Å²) in [5.74, 6) is -4.22. The first-order valence-corrected chi connectivity index (χ1v) is 8.74. The number of aromatic nitrogens is 4. The Morgan fingerprint density at radius 2 is 1.97 bits per heavy atom. The van der Waals surface area contributed by atoms with Crippen LogP contribution < -0.4 is 11.1 Å². The second-order valence-electron chi connectivity index (χ2n) is 6.34. The summed E-state index contributed by atoms with van der Waals surface area (Å²) in [5.41, 5.74) is 4.75. The lowest BCUT2D eigenvalue weighted by molar-refractivity contribution is 0.0996. The number of fused-ring (bicyclic) bond motifs is 1. The Kier molecular flexibility index (Phi) is 4.88. The molecule has 1 amide bonds. The van der Waals surface area contributed by atoms with Gasteiger partial charge in [0.15, 0.2) is 0 Å². The van der Waals surface area contributed by atoms with Gasteiger partial charge in [0, 0.05) is 25.1 Å². The molecule has 0 saturated carbocycles. The molecule has 0 spiro atoms. The van der Waals surface area contributed by atoms with Crippen LogP contribution in [0.5, 0.6) is 0 Å². The number of benzene rings is 1. The highest BCUT2D eigenvalue weighted by atomic mass is 19.1. The normalized spacial score (nSPS) is 10.9. The Hall–Kier alpha value is -4.21. The van der Waals surface area contributed by atoms with E-state index in [1.807, 2.05) is 6.07 Å². The lowest BCUT2D eigenvalue weighted by atomic mass is 9.99. The van der Waals surface area contributed by atoms with E-state index in [-0.39, 0.29) is 10.9 Å². The predicted octanol–water partition coefficient (Wildman–Crippen LogP) is 2.57. The SMILES string of the molecule is NC(=O)c1ccc(F)c(C(=O)c2c[nH]c3ncnc(NCc4cccnc4)c23)c1F. The number of nitrogens with two attached hydrogens (primary N) is 1. The first-order chi connectivity index (χ1) is 14.5. The lowest BCUT2D eigenvalue weighted by Gasteiger charge is -2.09. The Bertz CT molecular complexity index is 1270. The van der Waals surface area contributed by atoms with E-state index in [1.165, 1.54) is 12.5 Å². The minimum absolute atomic E-state index is 0.0568. The first kappa shape index (κ1) is 19.1. The quantitative estimate of drug-likeness (QED) is 0.421. The topological polar surface area (TPSA) is 127 Å². The number of carbonyl (C=O) groups excluding carboxylic acids is 2. The largest absolute Gasteiger partial charge is 0.366 e. The molecule has 3 aromatic heterocycles. The second kappa shape index (κ2) is 7.66. The molecular formula is C20H14F2N6O2. The van der Waals surface area contributed by atoms with Crippen LogP contribution in [0.2, 0.25) is 0 Å². The summed E-state index contributed by atoms with van der Waals surface area (Å²) in [7, 11) is 0. The van der Waals surface area contributed by atoms with Gasteiger partial charge >= 0.3 is 0 Å². The fourth-order valence-electron chi connectivity index (χ4n) is 3.05. The fourth-order valence-corrected chi connectivity index (χ4v) is 3.05. The van der Waals surface area contributed by atoms with Crippen LogP contribution in [0.25, 0.3) is 11.0 Å². The zero-order chi connectivity index (χ0) is 21.3. The van der Waals surface area contributed by atoms with E-state index < -0.39 is 34.5 Å². The molecule has 0 bridgehead atoms. The highest BCUT2D eigenvalue weighted by molar-refractivity contribution is 6.18. The average Bonchev–Trinajstić information content (AvgIpc) is 3.17. The number of pyridine rings is 1. The number of H-pyrrole nitrogens is 1. The molecule has 150 valence electrons. The number of amides is 1. The van der Waals surface area contributed by atoms with Crippen LogP contribution >= 0.6 is 0 Å². The number of carbonyl (C=O) groups is 2. The molecule has 3 heterocycles. The molecule has 10 heteroatoms. The average molecular weight is 408 g/mol. The number of nitrogens with zero attached hydrogens (tertiary/aromatic N) is 3. The molecule has 0 radical (unpaired) electrons. The number of primary amides is 1. The van der Waals surface area contributed by atoms with Crippen molar-refractivity contribution in [3.63, 3.8) is 0 Å². The van der Waals surface area contributed by atoms with Crippen LogP contribution in [0.1, 0.15) is 31.8 Å². The molecule has 0 atom stereocenters. The van der Waals surface area contributed by atoms with E-state index in [2.05, 4.69) is 25.3 Å². The van der Waals surface area contributed by atoms with E-state index in [9.17, 15) is 18.4 Å². The van der Waals surface area contributed by atoms with Crippen molar-refractivity contribution >= 4 is 28.5 Å². The highest BCUT2D eigenvalue weighted by Gasteiger charge is 2.26. The molecular weight excluding hydrogens is 394 g/mol. The number of anilines is 1. The van der Waals surface area contributed by atoms with Gasteiger partial charge in [-0.2, -0.15) is 0 Å². The zero-order valence-corrected chi connectivity index (χ0v) is 15.3. The van der Waals surface area contributed by atoms with E-state index in [0.29, 0.717) is 18.0 Å². The zero-order valence-electron chi connectivity index (χ0n) is 15.3. The van der Waals surface area contributed by atoms with Crippen LogP contribution in [0.15, 0.2) is 49.2 Å². The number of aromatic amines is 1. The summed E-state index contributed by atoms with van der Waals surface area (Å²) < 4.78 is 29.0. The molecule has 0 fully saturated rings. The summed E-state index contributed by atoms with van der Waals surface area (Å²) in [4.78, 5) is 39.4. The number of ketones is 1. The Morgan fingerprint density at radius 1 is 1.13 bits per heavy atom. The summed E-state index contributed by atoms with van der Waals surface area (Å²) in [5, 5.41) is 3.33. The minimum atomic E-state index is -1.32. The minimum Gasteiger partial charge on any atom is -0.366 e. The highest BCUT2D eigenvalue weighted by Crippen LogP contribution is 2.28. The van der Waals surface area contributed by atoms with Gasteiger partial charge < -0.3 is 16.0 Å². The van der Waals surface area contributed by atoms with Crippen molar-refractivity contribution in [2.24, 2.45) is 5.73 Å². The third-order valence-electron chi connectivity index (χ3n) is 4.48. The smallest absolute Gasteiger partial charge is 0.251 e. The van der Waals surface area contributed by atoms with Crippen molar-refractivity contribution in [2.45, 2.75) is 6.54 Å². The standard InChI is InChI=1S/C20H14F2N6O2/c21-13-4-3-11(18(23)30)16(22)15(13)17(29)12-8-26-20-14(12)19(27-9-28-20)25-7-10-2-1-5-24-6-10/h1-6,8-9H,7H2,(H2,23,30)(H2,25,26,27,28). The summed E-state index contributed by atoms with van der Waals surface area (Å²) in [6.07, 6.45) is 5.87. The van der Waals surface area contributed by atoms with Gasteiger partial charge in [-0.3, -0.25) is 14.6 Å². The summed E-state index contributed by atoms with van der Waals surface area (Å²) in [6, 6.07) is 5.34. The van der Waals surface area contributed by atoms with Gasteiger partial charge in [0.25, 0.3) is 5.91 Å². The van der Waals surface area contributed by atoms with E-state index in [0.717, 1.165) is 17.7 Å². The van der Waals surface area contributed by atoms with Crippen LogP contribution in [0.4, 0.5) is 14.6 Å². The molecule has 4 rings (SSSR count). The summed E-state index contributed by atoms with van der Waals surface area (Å²) in [6.45, 7) is 0.346. The fraction of sp³-hybridized carbons (Fsp3) is 0.0500. The van der Waals surface area contributed by atoms with Gasteiger partial charge in [-0.1, -0.05) is 6.07 Å². The van der Waals surface area contributed by atoms with Crippen molar-refractivity contribution in [1.29, 1.82) is 0 Å². The number of rotatable bonds is 6. The van der Waals surface area contributed by atoms with Crippen molar-refractivity contribution < 1.29 is 18.4 Å². The van der Waals surface area contributed by atoms with E-state index >= 15 is 0 Å². The first-order valence-electron chi connectivity index (χ1n) is 8.74. The Morgan fingerprint density at radius 3 is 2.70 bits per heavy atom. The molecule has 0 saturated heterocycles. The summed E-state index contributed by atoms with van der Waals surface area (Å²) >= 11 is 0. The van der Waals surface area contributed by atoms with Gasteiger partial charge in [-0.25, -0.2) is 18.7 Å². The lowest BCUT2D eigenvalue weighted by Crippen LogP contribution is -2.17. The van der Waals surface area contributed by atoms with Crippen LogP contribution in [0.3, 0.4) is 0 Å². The molecule has 30 heavy (non-hydrogen) atoms. The molecule has 4 N–H and O–H groups in total. The third kappa shape index (κ3) is 3.34. The molecule has 0 aliphatic carbocycles. The molecule has 1 aromatic carbocycles. The number of hydrogen-bond donors (Lipinski definition) is 3. The van der Waals surface area contributed by atoms with Gasteiger partial charge in [0.2, 0.25) is 5.78 Å². The van der Waals surface area contributed by atoms with Gasteiger partial charge in [0.05, 0.1) is 22.1 Å². The number of halogens is 2. The molecule has 0 aliphatic rings. The van der Waals surface area contributed by atoms with E-state index in [1.54, 1.807) is 18.5 Å². The van der Waals surface area contributed by atoms with Crippen LogP contribution in [0, 0.1) is 11.6 Å². The Labute approximate surface area is 168 Å². The van der Waals surface area contributed by atoms with Crippen LogP contribution in [-0.2, 0) is 6.54 Å². The van der Waals surface area contributed by atoms with Crippen molar-refractivity contribution in [1.82, 2.24) is 19.9 Å². The maximum atomic E-state index is 14.7. The molecule has 0 unspecified atom stereocenters. The van der Waals surface area contributed by atoms with Gasteiger partial charge in [0.1, 0.15) is 29.4 Å². The monoisotopic (exact) mass is 408 g/mol. The maximum absolute atomic E-state index is 14.7. The van der Waals surface area contributed by atoms with Crippen molar-refractivity contribution in [2.75, 3.05) is 5.32 Å². The second-order valence-corrected chi connectivity index (χ2v) is 6.34. The van der Waals surface area contributed by atoms with Gasteiger partial charge in [-0.15, -0.1) is 0 Å². The van der Waals surface area contributed by atoms with Gasteiger partial charge in [-0.05, 0) is 23.8 Å². The number of nitrogens with one attached hydrogen (secondary N) is 2. The molecule has 4 aromatic rings. The maximum Gasteiger partial charge on any atom is 0.251 e. The van der Waals surface area contributed by atoms with Crippen molar-refractivity contribution in [3.05, 3.63) is 83.1 Å². The molecule has 0 aliphatic heterocycles. The third-order valence-corrected chi connectivity index (χ3v) is 4.48. The number of hydrogen-bond acceptors (Lipinski definition) is 6. The predicted molar refractivity (Wildman–Crippen MR) is 104 cm³/mol. The molecule has 8 nitrogen and oxygen atoms in total. The van der Waals surface area contributed by atoms with Crippen molar-refractivity contribution in [3.8, 4) is 0 Å². The van der Waals surface area contributed by atoms with Crippen LogP contribution in [-0.4, -0.2) is 31.6 Å². The Balaban J connectivity index is 1.78.